The van der Waals surface area contributed by atoms with Crippen LogP contribution in [0.25, 0.3) is 0 Å². The summed E-state index contributed by atoms with van der Waals surface area (Å²) < 4.78 is 31.2. The van der Waals surface area contributed by atoms with Crippen LogP contribution in [0.2, 0.25) is 0 Å². The molecule has 1 rings (SSSR count). The lowest BCUT2D eigenvalue weighted by Gasteiger charge is -2.16. The SMILES string of the molecule is CCCCC(NC(=O)CNS(=O)(=O)c1cccc(C)c1)C(=O)OC. The minimum Gasteiger partial charge on any atom is -0.467 e. The second kappa shape index (κ2) is 9.39. The topological polar surface area (TPSA) is 102 Å². The van der Waals surface area contributed by atoms with Gasteiger partial charge in [0.1, 0.15) is 6.04 Å². The van der Waals surface area contributed by atoms with Gasteiger partial charge in [-0.25, -0.2) is 17.9 Å². The molecule has 0 radical (unpaired) electrons. The molecule has 0 heterocycles. The zero-order valence-electron chi connectivity index (χ0n) is 14.2. The van der Waals surface area contributed by atoms with Gasteiger partial charge in [-0.15, -0.1) is 0 Å². The summed E-state index contributed by atoms with van der Waals surface area (Å²) in [5.41, 5.74) is 0.799. The van der Waals surface area contributed by atoms with Gasteiger partial charge in [0.25, 0.3) is 0 Å². The molecule has 0 saturated carbocycles. The van der Waals surface area contributed by atoms with Crippen LogP contribution in [0.1, 0.15) is 31.7 Å². The number of benzene rings is 1. The van der Waals surface area contributed by atoms with Gasteiger partial charge >= 0.3 is 5.97 Å². The first-order valence-corrected chi connectivity index (χ1v) is 9.22. The van der Waals surface area contributed by atoms with Crippen LogP contribution in [0.5, 0.6) is 0 Å². The highest BCUT2D eigenvalue weighted by Gasteiger charge is 2.22. The first-order chi connectivity index (χ1) is 11.3. The first kappa shape index (κ1) is 20.1. The molecular formula is C16H24N2O5S. The molecule has 0 aliphatic carbocycles. The molecule has 0 bridgehead atoms. The van der Waals surface area contributed by atoms with Gasteiger partial charge in [0.05, 0.1) is 18.6 Å². The van der Waals surface area contributed by atoms with Gasteiger partial charge in [-0.1, -0.05) is 31.9 Å². The van der Waals surface area contributed by atoms with Crippen LogP contribution >= 0.6 is 0 Å². The van der Waals surface area contributed by atoms with Crippen LogP contribution in [-0.2, 0) is 24.3 Å². The Kier molecular flexibility index (Phi) is 7.87. The summed E-state index contributed by atoms with van der Waals surface area (Å²) in [6.07, 6.45) is 2.05. The Balaban J connectivity index is 2.65. The van der Waals surface area contributed by atoms with E-state index in [1.54, 1.807) is 19.1 Å². The number of methoxy groups -OCH3 is 1. The molecule has 1 amide bonds. The molecule has 0 aliphatic heterocycles. The lowest BCUT2D eigenvalue weighted by molar-refractivity contribution is -0.145. The van der Waals surface area contributed by atoms with Crippen LogP contribution in [0.4, 0.5) is 0 Å². The fourth-order valence-corrected chi connectivity index (χ4v) is 3.16. The number of aryl methyl sites for hydroxylation is 1. The van der Waals surface area contributed by atoms with Crippen molar-refractivity contribution >= 4 is 21.9 Å². The number of amides is 1. The highest BCUT2D eigenvalue weighted by molar-refractivity contribution is 7.89. The Morgan fingerprint density at radius 3 is 2.58 bits per heavy atom. The predicted octanol–water partition coefficient (Wildman–Crippen LogP) is 1.12. The van der Waals surface area contributed by atoms with Gasteiger partial charge < -0.3 is 10.1 Å². The molecule has 1 unspecified atom stereocenters. The summed E-state index contributed by atoms with van der Waals surface area (Å²) in [4.78, 5) is 23.7. The molecular weight excluding hydrogens is 332 g/mol. The molecule has 1 aromatic carbocycles. The largest absolute Gasteiger partial charge is 0.467 e. The summed E-state index contributed by atoms with van der Waals surface area (Å²) in [7, 11) is -2.54. The monoisotopic (exact) mass is 356 g/mol. The van der Waals surface area contributed by atoms with Gasteiger partial charge in [0.15, 0.2) is 0 Å². The molecule has 0 aliphatic rings. The van der Waals surface area contributed by atoms with Crippen molar-refractivity contribution in [2.45, 2.75) is 44.0 Å². The molecule has 1 aromatic rings. The minimum atomic E-state index is -3.78. The number of esters is 1. The summed E-state index contributed by atoms with van der Waals surface area (Å²) in [5, 5.41) is 2.50. The smallest absolute Gasteiger partial charge is 0.328 e. The van der Waals surface area contributed by atoms with Gasteiger partial charge in [-0.3, -0.25) is 4.79 Å². The Hall–Kier alpha value is -1.93. The molecule has 24 heavy (non-hydrogen) atoms. The van der Waals surface area contributed by atoms with Crippen molar-refractivity contribution in [3.05, 3.63) is 29.8 Å². The number of hydrogen-bond acceptors (Lipinski definition) is 5. The molecule has 134 valence electrons. The quantitative estimate of drug-likeness (QED) is 0.646. The van der Waals surface area contributed by atoms with Crippen molar-refractivity contribution in [3.8, 4) is 0 Å². The Bertz CT molecular complexity index is 673. The molecule has 0 fully saturated rings. The Morgan fingerprint density at radius 1 is 1.29 bits per heavy atom. The fourth-order valence-electron chi connectivity index (χ4n) is 2.07. The minimum absolute atomic E-state index is 0.0887. The molecule has 0 aromatic heterocycles. The van der Waals surface area contributed by atoms with Crippen molar-refractivity contribution in [2.24, 2.45) is 0 Å². The van der Waals surface area contributed by atoms with E-state index < -0.39 is 34.5 Å². The third-order valence-corrected chi connectivity index (χ3v) is 4.79. The second-order valence-corrected chi connectivity index (χ2v) is 7.19. The number of sulfonamides is 1. The van der Waals surface area contributed by atoms with Gasteiger partial charge in [0.2, 0.25) is 15.9 Å². The maximum atomic E-state index is 12.2. The number of hydrogen-bond donors (Lipinski definition) is 2. The van der Waals surface area contributed by atoms with E-state index in [0.717, 1.165) is 18.4 Å². The highest BCUT2D eigenvalue weighted by atomic mass is 32.2. The average molecular weight is 356 g/mol. The number of rotatable bonds is 9. The molecule has 7 nitrogen and oxygen atoms in total. The van der Waals surface area contributed by atoms with Crippen molar-refractivity contribution in [1.82, 2.24) is 10.0 Å². The summed E-state index contributed by atoms with van der Waals surface area (Å²) >= 11 is 0. The van der Waals surface area contributed by atoms with Gasteiger partial charge in [-0.2, -0.15) is 0 Å². The van der Waals surface area contributed by atoms with Crippen LogP contribution in [0.15, 0.2) is 29.2 Å². The van der Waals surface area contributed by atoms with Crippen LogP contribution in [0, 0.1) is 6.92 Å². The standard InChI is InChI=1S/C16H24N2O5S/c1-4-5-9-14(16(20)23-3)18-15(19)11-17-24(21,22)13-8-6-7-12(2)10-13/h6-8,10,14,17H,4-5,9,11H2,1-3H3,(H,18,19). The zero-order chi connectivity index (χ0) is 18.2. The zero-order valence-corrected chi connectivity index (χ0v) is 15.0. The molecule has 0 spiro atoms. The van der Waals surface area contributed by atoms with Crippen molar-refractivity contribution in [2.75, 3.05) is 13.7 Å². The lowest BCUT2D eigenvalue weighted by atomic mass is 10.1. The van der Waals surface area contributed by atoms with E-state index in [-0.39, 0.29) is 4.90 Å². The molecule has 0 saturated heterocycles. The van der Waals surface area contributed by atoms with E-state index in [4.69, 9.17) is 0 Å². The number of carbonyl (C=O) groups is 2. The summed E-state index contributed by atoms with van der Waals surface area (Å²) in [6, 6.07) is 5.60. The third kappa shape index (κ3) is 6.29. The van der Waals surface area contributed by atoms with E-state index in [2.05, 4.69) is 14.8 Å². The molecule has 8 heteroatoms. The van der Waals surface area contributed by atoms with Crippen molar-refractivity contribution < 1.29 is 22.7 Å². The predicted molar refractivity (Wildman–Crippen MR) is 89.8 cm³/mol. The van der Waals surface area contributed by atoms with Crippen LogP contribution < -0.4 is 10.0 Å². The van der Waals surface area contributed by atoms with Crippen LogP contribution in [0.3, 0.4) is 0 Å². The Morgan fingerprint density at radius 2 is 2.00 bits per heavy atom. The number of nitrogens with one attached hydrogen (secondary N) is 2. The molecule has 1 atom stereocenters. The summed E-state index contributed by atoms with van der Waals surface area (Å²) in [6.45, 7) is 3.29. The average Bonchev–Trinajstić information content (AvgIpc) is 2.56. The third-order valence-electron chi connectivity index (χ3n) is 3.39. The number of carbonyl (C=O) groups excluding carboxylic acids is 2. The van der Waals surface area contributed by atoms with Crippen molar-refractivity contribution in [1.29, 1.82) is 0 Å². The van der Waals surface area contributed by atoms with Crippen molar-refractivity contribution in [3.63, 3.8) is 0 Å². The number of unbranched alkanes of at least 4 members (excludes halogenated alkanes) is 1. The van der Waals surface area contributed by atoms with E-state index in [1.165, 1.54) is 19.2 Å². The van der Waals surface area contributed by atoms with Gasteiger partial charge in [0, 0.05) is 0 Å². The first-order valence-electron chi connectivity index (χ1n) is 7.73. The summed E-state index contributed by atoms with van der Waals surface area (Å²) in [5.74, 6) is -1.13. The van der Waals surface area contributed by atoms with Gasteiger partial charge in [-0.05, 0) is 31.0 Å². The number of ether oxygens (including phenoxy) is 1. The van der Waals surface area contributed by atoms with E-state index in [9.17, 15) is 18.0 Å². The highest BCUT2D eigenvalue weighted by Crippen LogP contribution is 2.10. The lowest BCUT2D eigenvalue weighted by Crippen LogP contribution is -2.45. The normalized spacial score (nSPS) is 12.5. The van der Waals surface area contributed by atoms with E-state index in [0.29, 0.717) is 6.42 Å². The maximum Gasteiger partial charge on any atom is 0.328 e. The Labute approximate surface area is 142 Å². The maximum absolute atomic E-state index is 12.2. The van der Waals surface area contributed by atoms with E-state index >= 15 is 0 Å². The molecule has 2 N–H and O–H groups in total. The fraction of sp³-hybridized carbons (Fsp3) is 0.500. The van der Waals surface area contributed by atoms with E-state index in [1.807, 2.05) is 6.92 Å². The van der Waals surface area contributed by atoms with Crippen LogP contribution in [-0.4, -0.2) is 40.0 Å². The second-order valence-electron chi connectivity index (χ2n) is 5.43.